The van der Waals surface area contributed by atoms with E-state index in [-0.39, 0.29) is 19.1 Å². The van der Waals surface area contributed by atoms with Crippen LogP contribution in [0.25, 0.3) is 10.6 Å². The molecule has 0 unspecified atom stereocenters. The van der Waals surface area contributed by atoms with Gasteiger partial charge in [0.25, 0.3) is 0 Å². The summed E-state index contributed by atoms with van der Waals surface area (Å²) in [4.78, 5) is 17.7. The standard InChI is InChI=1S/C16H11BrN2O3S2/c17-14-4-3-13(24-14)10-7-23-16(18-10)19-15(20)6-9-1-2-11-12(5-9)22-8-21-11/h1-5,7H,6,8H2,(H,18,19,20). The average molecular weight is 423 g/mol. The number of rotatable bonds is 4. The zero-order valence-corrected chi connectivity index (χ0v) is 15.5. The summed E-state index contributed by atoms with van der Waals surface area (Å²) in [5.74, 6) is 1.29. The fraction of sp³-hybridized carbons (Fsp3) is 0.125. The maximum absolute atomic E-state index is 12.2. The summed E-state index contributed by atoms with van der Waals surface area (Å²) in [5, 5.41) is 5.38. The van der Waals surface area contributed by atoms with Gasteiger partial charge in [0.2, 0.25) is 12.7 Å². The van der Waals surface area contributed by atoms with Crippen LogP contribution in [-0.2, 0) is 11.2 Å². The Morgan fingerprint density at radius 3 is 2.96 bits per heavy atom. The van der Waals surface area contributed by atoms with Crippen LogP contribution >= 0.6 is 38.6 Å². The molecule has 1 aliphatic heterocycles. The van der Waals surface area contributed by atoms with Gasteiger partial charge in [0, 0.05) is 5.38 Å². The number of halogens is 1. The number of hydrogen-bond donors (Lipinski definition) is 1. The monoisotopic (exact) mass is 422 g/mol. The lowest BCUT2D eigenvalue weighted by molar-refractivity contribution is -0.115. The normalized spacial score (nSPS) is 12.4. The van der Waals surface area contributed by atoms with Crippen molar-refractivity contribution in [2.45, 2.75) is 6.42 Å². The highest BCUT2D eigenvalue weighted by Gasteiger charge is 2.15. The molecule has 0 saturated heterocycles. The SMILES string of the molecule is O=C(Cc1ccc2c(c1)OCO2)Nc1nc(-c2ccc(Br)s2)cs1. The minimum absolute atomic E-state index is 0.109. The Hall–Kier alpha value is -1.90. The molecule has 4 rings (SSSR count). The van der Waals surface area contributed by atoms with Gasteiger partial charge in [0.05, 0.1) is 20.8 Å². The van der Waals surface area contributed by atoms with Crippen LogP contribution in [0.2, 0.25) is 0 Å². The van der Waals surface area contributed by atoms with Gasteiger partial charge in [-0.2, -0.15) is 0 Å². The van der Waals surface area contributed by atoms with Gasteiger partial charge in [-0.1, -0.05) is 6.07 Å². The van der Waals surface area contributed by atoms with Crippen LogP contribution in [0.5, 0.6) is 11.5 Å². The maximum Gasteiger partial charge on any atom is 0.231 e. The van der Waals surface area contributed by atoms with Gasteiger partial charge < -0.3 is 14.8 Å². The van der Waals surface area contributed by atoms with E-state index in [0.29, 0.717) is 16.6 Å². The van der Waals surface area contributed by atoms with Gasteiger partial charge in [-0.3, -0.25) is 4.79 Å². The number of amides is 1. The second-order valence-corrected chi connectivity index (χ2v) is 8.38. The van der Waals surface area contributed by atoms with Crippen LogP contribution in [0.3, 0.4) is 0 Å². The molecule has 1 N–H and O–H groups in total. The lowest BCUT2D eigenvalue weighted by Gasteiger charge is -2.03. The summed E-state index contributed by atoms with van der Waals surface area (Å²) in [7, 11) is 0. The predicted molar refractivity (Wildman–Crippen MR) is 98.0 cm³/mol. The molecule has 0 atom stereocenters. The number of benzene rings is 1. The molecule has 0 bridgehead atoms. The van der Waals surface area contributed by atoms with E-state index in [2.05, 4.69) is 26.2 Å². The molecule has 5 nitrogen and oxygen atoms in total. The lowest BCUT2D eigenvalue weighted by Crippen LogP contribution is -2.14. The fourth-order valence-electron chi connectivity index (χ4n) is 2.30. The van der Waals surface area contributed by atoms with Crippen LogP contribution in [0.4, 0.5) is 5.13 Å². The minimum atomic E-state index is -0.109. The van der Waals surface area contributed by atoms with Crippen LogP contribution in [0, 0.1) is 0 Å². The summed E-state index contributed by atoms with van der Waals surface area (Å²) in [6.07, 6.45) is 0.260. The van der Waals surface area contributed by atoms with E-state index in [0.717, 1.165) is 19.9 Å². The number of nitrogens with zero attached hydrogens (tertiary/aromatic N) is 1. The van der Waals surface area contributed by atoms with Gasteiger partial charge in [0.1, 0.15) is 0 Å². The lowest BCUT2D eigenvalue weighted by atomic mass is 10.1. The van der Waals surface area contributed by atoms with Crippen molar-refractivity contribution in [2.24, 2.45) is 0 Å². The molecule has 2 aromatic heterocycles. The molecule has 3 heterocycles. The van der Waals surface area contributed by atoms with E-state index in [1.807, 2.05) is 35.7 Å². The van der Waals surface area contributed by atoms with E-state index in [1.165, 1.54) is 11.3 Å². The Morgan fingerprint density at radius 1 is 1.25 bits per heavy atom. The first kappa shape index (κ1) is 15.6. The van der Waals surface area contributed by atoms with E-state index in [1.54, 1.807) is 11.3 Å². The number of fused-ring (bicyclic) bond motifs is 1. The van der Waals surface area contributed by atoms with Crippen molar-refractivity contribution in [3.05, 3.63) is 45.1 Å². The van der Waals surface area contributed by atoms with Gasteiger partial charge in [-0.25, -0.2) is 4.98 Å². The molecular formula is C16H11BrN2O3S2. The Morgan fingerprint density at radius 2 is 2.12 bits per heavy atom. The second kappa shape index (κ2) is 6.54. The Bertz CT molecular complexity index is 906. The van der Waals surface area contributed by atoms with Crippen molar-refractivity contribution in [1.82, 2.24) is 4.98 Å². The average Bonchev–Trinajstić information content (AvgIpc) is 3.27. The maximum atomic E-state index is 12.2. The number of carbonyl (C=O) groups is 1. The number of anilines is 1. The van der Waals surface area contributed by atoms with Crippen LogP contribution < -0.4 is 14.8 Å². The summed E-state index contributed by atoms with van der Waals surface area (Å²) in [5.41, 5.74) is 1.74. The van der Waals surface area contributed by atoms with E-state index in [9.17, 15) is 4.79 Å². The molecule has 0 radical (unpaired) electrons. The van der Waals surface area contributed by atoms with Crippen molar-refractivity contribution < 1.29 is 14.3 Å². The van der Waals surface area contributed by atoms with Crippen molar-refractivity contribution in [2.75, 3.05) is 12.1 Å². The molecule has 8 heteroatoms. The molecule has 1 amide bonds. The third-order valence-corrected chi connectivity index (χ3v) is 5.78. The molecule has 1 aromatic carbocycles. The fourth-order valence-corrected chi connectivity index (χ4v) is 4.44. The van der Waals surface area contributed by atoms with Crippen LogP contribution in [-0.4, -0.2) is 17.7 Å². The number of thiophene rings is 1. The zero-order chi connectivity index (χ0) is 16.5. The summed E-state index contributed by atoms with van der Waals surface area (Å²) < 4.78 is 11.6. The first-order valence-electron chi connectivity index (χ1n) is 7.07. The van der Waals surface area contributed by atoms with Crippen molar-refractivity contribution >= 4 is 49.6 Å². The number of hydrogen-bond acceptors (Lipinski definition) is 6. The topological polar surface area (TPSA) is 60.5 Å². The number of thiazole rings is 1. The first-order chi connectivity index (χ1) is 11.7. The largest absolute Gasteiger partial charge is 0.454 e. The number of ether oxygens (including phenoxy) is 2. The molecule has 0 saturated carbocycles. The Labute approximate surface area is 154 Å². The minimum Gasteiger partial charge on any atom is -0.454 e. The zero-order valence-electron chi connectivity index (χ0n) is 12.2. The molecule has 0 fully saturated rings. The summed E-state index contributed by atoms with van der Waals surface area (Å²) in [6, 6.07) is 9.50. The second-order valence-electron chi connectivity index (χ2n) is 5.05. The quantitative estimate of drug-likeness (QED) is 0.669. The highest BCUT2D eigenvalue weighted by atomic mass is 79.9. The summed E-state index contributed by atoms with van der Waals surface area (Å²) in [6.45, 7) is 0.228. The molecule has 3 aromatic rings. The van der Waals surface area contributed by atoms with Crippen molar-refractivity contribution in [1.29, 1.82) is 0 Å². The smallest absolute Gasteiger partial charge is 0.231 e. The highest BCUT2D eigenvalue weighted by Crippen LogP contribution is 2.34. The third-order valence-electron chi connectivity index (χ3n) is 3.38. The highest BCUT2D eigenvalue weighted by molar-refractivity contribution is 9.11. The molecule has 122 valence electrons. The Balaban J connectivity index is 1.42. The number of carbonyl (C=O) groups excluding carboxylic acids is 1. The van der Waals surface area contributed by atoms with Gasteiger partial charge in [-0.15, -0.1) is 22.7 Å². The van der Waals surface area contributed by atoms with E-state index >= 15 is 0 Å². The van der Waals surface area contributed by atoms with E-state index in [4.69, 9.17) is 9.47 Å². The van der Waals surface area contributed by atoms with Crippen LogP contribution in [0.1, 0.15) is 5.56 Å². The molecule has 24 heavy (non-hydrogen) atoms. The first-order valence-corrected chi connectivity index (χ1v) is 9.56. The molecule has 1 aliphatic rings. The molecular weight excluding hydrogens is 412 g/mol. The molecule has 0 spiro atoms. The van der Waals surface area contributed by atoms with Crippen LogP contribution in [0.15, 0.2) is 39.5 Å². The van der Waals surface area contributed by atoms with Gasteiger partial charge in [0.15, 0.2) is 16.6 Å². The number of nitrogens with one attached hydrogen (secondary N) is 1. The van der Waals surface area contributed by atoms with Crippen molar-refractivity contribution in [3.63, 3.8) is 0 Å². The van der Waals surface area contributed by atoms with Gasteiger partial charge >= 0.3 is 0 Å². The van der Waals surface area contributed by atoms with E-state index < -0.39 is 0 Å². The van der Waals surface area contributed by atoms with Gasteiger partial charge in [-0.05, 0) is 45.8 Å². The molecule has 0 aliphatic carbocycles. The number of aromatic nitrogens is 1. The van der Waals surface area contributed by atoms with Crippen molar-refractivity contribution in [3.8, 4) is 22.1 Å². The third kappa shape index (κ3) is 3.31. The summed E-state index contributed by atoms with van der Waals surface area (Å²) >= 11 is 6.47. The predicted octanol–water partition coefficient (Wildman–Crippen LogP) is 4.54. The Kier molecular flexibility index (Phi) is 4.26.